The smallest absolute Gasteiger partial charge is 0.250 e. The van der Waals surface area contributed by atoms with Gasteiger partial charge in [0.15, 0.2) is 0 Å². The molecule has 0 aliphatic carbocycles. The van der Waals surface area contributed by atoms with E-state index >= 15 is 0 Å². The van der Waals surface area contributed by atoms with Crippen molar-refractivity contribution in [3.63, 3.8) is 0 Å². The van der Waals surface area contributed by atoms with Crippen LogP contribution in [0.2, 0.25) is 0 Å². The lowest BCUT2D eigenvalue weighted by Gasteiger charge is -2.15. The first-order chi connectivity index (χ1) is 11.1. The molecule has 0 saturated carbocycles. The third-order valence-electron chi connectivity index (χ3n) is 3.27. The maximum absolute atomic E-state index is 12.1. The average Bonchev–Trinajstić information content (AvgIpc) is 3.05. The molecule has 0 amide bonds. The van der Waals surface area contributed by atoms with Crippen LogP contribution in [0.25, 0.3) is 11.5 Å². The summed E-state index contributed by atoms with van der Waals surface area (Å²) in [6, 6.07) is 10.9. The van der Waals surface area contributed by atoms with Crippen molar-refractivity contribution in [3.8, 4) is 17.2 Å². The number of pyridine rings is 1. The lowest BCUT2D eigenvalue weighted by molar-refractivity contribution is 0.239. The van der Waals surface area contributed by atoms with Gasteiger partial charge in [-0.3, -0.25) is 4.79 Å². The predicted octanol–water partition coefficient (Wildman–Crippen LogP) is 2.73. The van der Waals surface area contributed by atoms with E-state index in [0.29, 0.717) is 18.0 Å². The summed E-state index contributed by atoms with van der Waals surface area (Å²) in [5, 5.41) is 7.52. The molecule has 6 nitrogen and oxygen atoms in total. The van der Waals surface area contributed by atoms with E-state index < -0.39 is 0 Å². The molecule has 0 atom stereocenters. The highest BCUT2D eigenvalue weighted by molar-refractivity contribution is 5.50. The highest BCUT2D eigenvalue weighted by Gasteiger charge is 2.09. The standard InChI is InChI=1S/C17H17N3O3/c1-12(2)23-15-6-4-3-5-13(15)9-20-10-14(7-8-16(20)21)17-19-18-11-22-17/h3-8,10-12H,9H2,1-2H3. The lowest BCUT2D eigenvalue weighted by Crippen LogP contribution is -2.20. The van der Waals surface area contributed by atoms with Crippen LogP contribution in [-0.4, -0.2) is 20.9 Å². The van der Waals surface area contributed by atoms with E-state index in [-0.39, 0.29) is 11.7 Å². The molecule has 0 unspecified atom stereocenters. The SMILES string of the molecule is CC(C)Oc1ccccc1Cn1cc(-c2nnco2)ccc1=O. The number of nitrogens with zero attached hydrogens (tertiary/aromatic N) is 3. The van der Waals surface area contributed by atoms with E-state index in [2.05, 4.69) is 10.2 Å². The summed E-state index contributed by atoms with van der Waals surface area (Å²) in [4.78, 5) is 12.1. The van der Waals surface area contributed by atoms with Crippen LogP contribution in [0.15, 0.2) is 58.2 Å². The van der Waals surface area contributed by atoms with Gasteiger partial charge in [0.25, 0.3) is 5.56 Å². The second kappa shape index (κ2) is 6.48. The molecule has 0 spiro atoms. The molecule has 0 radical (unpaired) electrons. The molecule has 2 aromatic heterocycles. The fourth-order valence-corrected chi connectivity index (χ4v) is 2.27. The van der Waals surface area contributed by atoms with Crippen molar-refractivity contribution in [2.75, 3.05) is 0 Å². The lowest BCUT2D eigenvalue weighted by atomic mass is 10.2. The zero-order valence-electron chi connectivity index (χ0n) is 13.0. The van der Waals surface area contributed by atoms with Crippen molar-refractivity contribution in [1.29, 1.82) is 0 Å². The van der Waals surface area contributed by atoms with Crippen molar-refractivity contribution in [2.45, 2.75) is 26.5 Å². The molecule has 1 aromatic carbocycles. The Hall–Kier alpha value is -2.89. The molecule has 23 heavy (non-hydrogen) atoms. The second-order valence-electron chi connectivity index (χ2n) is 5.40. The Morgan fingerprint density at radius 2 is 2.04 bits per heavy atom. The van der Waals surface area contributed by atoms with Gasteiger partial charge < -0.3 is 13.7 Å². The molecule has 0 saturated heterocycles. The van der Waals surface area contributed by atoms with Crippen molar-refractivity contribution < 1.29 is 9.15 Å². The minimum Gasteiger partial charge on any atom is -0.491 e. The van der Waals surface area contributed by atoms with Gasteiger partial charge in [0.2, 0.25) is 12.3 Å². The highest BCUT2D eigenvalue weighted by Crippen LogP contribution is 2.21. The molecular weight excluding hydrogens is 294 g/mol. The van der Waals surface area contributed by atoms with E-state index in [1.807, 2.05) is 38.1 Å². The summed E-state index contributed by atoms with van der Waals surface area (Å²) < 4.78 is 12.6. The first-order valence-corrected chi connectivity index (χ1v) is 7.35. The molecule has 0 aliphatic rings. The van der Waals surface area contributed by atoms with Gasteiger partial charge in [0.05, 0.1) is 18.2 Å². The first kappa shape index (κ1) is 15.0. The number of rotatable bonds is 5. The van der Waals surface area contributed by atoms with Crippen LogP contribution < -0.4 is 10.3 Å². The van der Waals surface area contributed by atoms with Crippen LogP contribution in [0.5, 0.6) is 5.75 Å². The van der Waals surface area contributed by atoms with Crippen molar-refractivity contribution in [2.24, 2.45) is 0 Å². The number of ether oxygens (including phenoxy) is 1. The molecule has 0 N–H and O–H groups in total. The molecule has 2 heterocycles. The van der Waals surface area contributed by atoms with Crippen molar-refractivity contribution in [3.05, 3.63) is 64.9 Å². The van der Waals surface area contributed by atoms with Gasteiger partial charge in [0.1, 0.15) is 5.75 Å². The molecule has 0 fully saturated rings. The fraction of sp³-hybridized carbons (Fsp3) is 0.235. The van der Waals surface area contributed by atoms with Gasteiger partial charge in [-0.1, -0.05) is 18.2 Å². The molecule has 0 bridgehead atoms. The van der Waals surface area contributed by atoms with Gasteiger partial charge in [-0.15, -0.1) is 10.2 Å². The summed E-state index contributed by atoms with van der Waals surface area (Å²) in [6.45, 7) is 4.35. The van der Waals surface area contributed by atoms with Crippen LogP contribution in [-0.2, 0) is 6.54 Å². The summed E-state index contributed by atoms with van der Waals surface area (Å²) >= 11 is 0. The van der Waals surface area contributed by atoms with Crippen LogP contribution in [0.3, 0.4) is 0 Å². The van der Waals surface area contributed by atoms with E-state index in [1.165, 1.54) is 12.5 Å². The van der Waals surface area contributed by atoms with Crippen molar-refractivity contribution >= 4 is 0 Å². The number of aromatic nitrogens is 3. The predicted molar refractivity (Wildman–Crippen MR) is 85.3 cm³/mol. The first-order valence-electron chi connectivity index (χ1n) is 7.35. The minimum atomic E-state index is -0.104. The second-order valence-corrected chi connectivity index (χ2v) is 5.40. The third kappa shape index (κ3) is 3.48. The fourth-order valence-electron chi connectivity index (χ4n) is 2.27. The van der Waals surface area contributed by atoms with E-state index in [0.717, 1.165) is 11.3 Å². The van der Waals surface area contributed by atoms with Gasteiger partial charge in [-0.25, -0.2) is 0 Å². The van der Waals surface area contributed by atoms with Crippen LogP contribution in [0.1, 0.15) is 19.4 Å². The number of benzene rings is 1. The molecule has 118 valence electrons. The zero-order chi connectivity index (χ0) is 16.2. The highest BCUT2D eigenvalue weighted by atomic mass is 16.5. The normalized spacial score (nSPS) is 10.9. The Bertz CT molecular complexity index is 838. The van der Waals surface area contributed by atoms with Gasteiger partial charge in [-0.05, 0) is 26.0 Å². The monoisotopic (exact) mass is 311 g/mol. The summed E-state index contributed by atoms with van der Waals surface area (Å²) in [5.74, 6) is 1.16. The van der Waals surface area contributed by atoms with Gasteiger partial charge >= 0.3 is 0 Å². The van der Waals surface area contributed by atoms with Gasteiger partial charge in [-0.2, -0.15) is 0 Å². The largest absolute Gasteiger partial charge is 0.491 e. The summed E-state index contributed by atoms with van der Waals surface area (Å²) in [6.07, 6.45) is 3.04. The molecule has 6 heteroatoms. The number of para-hydroxylation sites is 1. The number of hydrogen-bond acceptors (Lipinski definition) is 5. The van der Waals surface area contributed by atoms with Crippen LogP contribution in [0, 0.1) is 0 Å². The van der Waals surface area contributed by atoms with Gasteiger partial charge in [0, 0.05) is 17.8 Å². The summed E-state index contributed by atoms with van der Waals surface area (Å²) in [5.41, 5.74) is 1.53. The topological polar surface area (TPSA) is 70.2 Å². The molecule has 3 rings (SSSR count). The molecular formula is C17H17N3O3. The van der Waals surface area contributed by atoms with Crippen molar-refractivity contribution in [1.82, 2.24) is 14.8 Å². The average molecular weight is 311 g/mol. The Kier molecular flexibility index (Phi) is 4.23. The maximum atomic E-state index is 12.1. The third-order valence-corrected chi connectivity index (χ3v) is 3.27. The molecule has 3 aromatic rings. The maximum Gasteiger partial charge on any atom is 0.250 e. The van der Waals surface area contributed by atoms with E-state index in [1.54, 1.807) is 16.8 Å². The molecule has 0 aliphatic heterocycles. The Labute approximate surface area is 133 Å². The Balaban J connectivity index is 1.94. The van der Waals surface area contributed by atoms with Crippen LogP contribution in [0.4, 0.5) is 0 Å². The Morgan fingerprint density at radius 3 is 2.78 bits per heavy atom. The minimum absolute atomic E-state index is 0.0672. The summed E-state index contributed by atoms with van der Waals surface area (Å²) in [7, 11) is 0. The van der Waals surface area contributed by atoms with Crippen LogP contribution >= 0.6 is 0 Å². The Morgan fingerprint density at radius 1 is 1.22 bits per heavy atom. The van der Waals surface area contributed by atoms with E-state index in [9.17, 15) is 4.79 Å². The van der Waals surface area contributed by atoms with E-state index in [4.69, 9.17) is 9.15 Å². The number of hydrogen-bond donors (Lipinski definition) is 0. The quantitative estimate of drug-likeness (QED) is 0.724. The zero-order valence-corrected chi connectivity index (χ0v) is 13.0.